The molecule has 2 rings (SSSR count). The molecule has 0 spiro atoms. The fraction of sp³-hybridized carbons (Fsp3) is 0.267. The molecule has 0 radical (unpaired) electrons. The van der Waals surface area contributed by atoms with E-state index in [1.165, 1.54) is 0 Å². The van der Waals surface area contributed by atoms with Crippen molar-refractivity contribution >= 4 is 11.6 Å². The molecule has 0 N–H and O–H groups in total. The number of ketones is 1. The summed E-state index contributed by atoms with van der Waals surface area (Å²) in [6, 6.07) is 9.59. The van der Waals surface area contributed by atoms with Crippen molar-refractivity contribution in [2.45, 2.75) is 13.3 Å². The van der Waals surface area contributed by atoms with Crippen LogP contribution >= 0.6 is 0 Å². The van der Waals surface area contributed by atoms with E-state index in [0.717, 1.165) is 24.5 Å². The van der Waals surface area contributed by atoms with Crippen LogP contribution in [0.4, 0.5) is 5.82 Å². The molecule has 0 aliphatic rings. The first-order chi connectivity index (χ1) is 9.16. The van der Waals surface area contributed by atoms with E-state index in [0.29, 0.717) is 5.56 Å². The number of carbonyl (C=O) groups is 1. The summed E-state index contributed by atoms with van der Waals surface area (Å²) in [5, 5.41) is 0. The van der Waals surface area contributed by atoms with Crippen LogP contribution in [0.2, 0.25) is 0 Å². The monoisotopic (exact) mass is 255 g/mol. The number of hydrogen-bond donors (Lipinski definition) is 0. The van der Waals surface area contributed by atoms with Gasteiger partial charge in [0.1, 0.15) is 5.82 Å². The zero-order chi connectivity index (χ0) is 13.7. The first-order valence-corrected chi connectivity index (χ1v) is 6.25. The number of hydrogen-bond acceptors (Lipinski definition) is 4. The van der Waals surface area contributed by atoms with Crippen LogP contribution in [0.5, 0.6) is 0 Å². The Morgan fingerprint density at radius 3 is 2.63 bits per heavy atom. The maximum absolute atomic E-state index is 11.2. The fourth-order valence-electron chi connectivity index (χ4n) is 1.76. The molecule has 19 heavy (non-hydrogen) atoms. The van der Waals surface area contributed by atoms with Gasteiger partial charge in [-0.1, -0.05) is 6.07 Å². The van der Waals surface area contributed by atoms with Crippen molar-refractivity contribution in [3.63, 3.8) is 0 Å². The van der Waals surface area contributed by atoms with Gasteiger partial charge in [0.05, 0.1) is 0 Å². The topological polar surface area (TPSA) is 46.1 Å². The Morgan fingerprint density at radius 1 is 1.21 bits per heavy atom. The zero-order valence-electron chi connectivity index (χ0n) is 11.2. The van der Waals surface area contributed by atoms with Gasteiger partial charge in [-0.05, 0) is 31.2 Å². The maximum atomic E-state index is 11.2. The standard InChI is InChI=1S/C15H17N3O/c1-12(19)13-6-7-15(17-11-13)18(2)10-8-14-5-3-4-9-16-14/h3-7,9,11H,8,10H2,1-2H3. The molecule has 2 heterocycles. The number of pyridine rings is 2. The number of likely N-dealkylation sites (N-methyl/N-ethyl adjacent to an activating group) is 1. The average Bonchev–Trinajstić information content (AvgIpc) is 2.46. The van der Waals surface area contributed by atoms with Crippen molar-refractivity contribution in [3.05, 3.63) is 54.0 Å². The van der Waals surface area contributed by atoms with Crippen LogP contribution < -0.4 is 4.90 Å². The minimum atomic E-state index is 0.0372. The van der Waals surface area contributed by atoms with Crippen molar-refractivity contribution in [3.8, 4) is 0 Å². The molecule has 0 aliphatic heterocycles. The predicted molar refractivity (Wildman–Crippen MR) is 75.5 cm³/mol. The second-order valence-corrected chi connectivity index (χ2v) is 4.45. The molecule has 2 aromatic rings. The highest BCUT2D eigenvalue weighted by molar-refractivity contribution is 5.93. The molecule has 0 aliphatic carbocycles. The van der Waals surface area contributed by atoms with E-state index < -0.39 is 0 Å². The normalized spacial score (nSPS) is 10.2. The number of anilines is 1. The SMILES string of the molecule is CC(=O)c1ccc(N(C)CCc2ccccn2)nc1. The van der Waals surface area contributed by atoms with Crippen LogP contribution in [-0.2, 0) is 6.42 Å². The van der Waals surface area contributed by atoms with Crippen LogP contribution in [0.3, 0.4) is 0 Å². The smallest absolute Gasteiger partial charge is 0.161 e. The van der Waals surface area contributed by atoms with Gasteiger partial charge in [0.25, 0.3) is 0 Å². The minimum Gasteiger partial charge on any atom is -0.359 e. The molecule has 98 valence electrons. The largest absolute Gasteiger partial charge is 0.359 e. The number of nitrogens with zero attached hydrogens (tertiary/aromatic N) is 3. The van der Waals surface area contributed by atoms with Crippen molar-refractivity contribution in [2.75, 3.05) is 18.5 Å². The van der Waals surface area contributed by atoms with Gasteiger partial charge in [0.15, 0.2) is 5.78 Å². The summed E-state index contributed by atoms with van der Waals surface area (Å²) < 4.78 is 0. The molecule has 2 aromatic heterocycles. The fourth-order valence-corrected chi connectivity index (χ4v) is 1.76. The van der Waals surface area contributed by atoms with Crippen LogP contribution in [0, 0.1) is 0 Å². The van der Waals surface area contributed by atoms with Crippen molar-refractivity contribution in [2.24, 2.45) is 0 Å². The lowest BCUT2D eigenvalue weighted by Gasteiger charge is -2.17. The first kappa shape index (κ1) is 13.2. The Bertz CT molecular complexity index is 537. The van der Waals surface area contributed by atoms with Gasteiger partial charge in [-0.15, -0.1) is 0 Å². The van der Waals surface area contributed by atoms with E-state index in [9.17, 15) is 4.79 Å². The second kappa shape index (κ2) is 6.09. The van der Waals surface area contributed by atoms with Gasteiger partial charge in [-0.3, -0.25) is 9.78 Å². The van der Waals surface area contributed by atoms with E-state index in [1.54, 1.807) is 19.3 Å². The molecule has 0 atom stereocenters. The van der Waals surface area contributed by atoms with E-state index in [-0.39, 0.29) is 5.78 Å². The number of aromatic nitrogens is 2. The number of Topliss-reactive ketones (excluding diaryl/α,β-unsaturated/α-hetero) is 1. The Hall–Kier alpha value is -2.23. The van der Waals surface area contributed by atoms with Gasteiger partial charge < -0.3 is 4.90 Å². The average molecular weight is 255 g/mol. The third-order valence-corrected chi connectivity index (χ3v) is 2.97. The van der Waals surface area contributed by atoms with Gasteiger partial charge in [0, 0.05) is 43.7 Å². The third kappa shape index (κ3) is 3.61. The lowest BCUT2D eigenvalue weighted by atomic mass is 10.2. The van der Waals surface area contributed by atoms with Crippen LogP contribution in [0.25, 0.3) is 0 Å². The summed E-state index contributed by atoms with van der Waals surface area (Å²) >= 11 is 0. The third-order valence-electron chi connectivity index (χ3n) is 2.97. The summed E-state index contributed by atoms with van der Waals surface area (Å²) in [6.07, 6.45) is 4.29. The summed E-state index contributed by atoms with van der Waals surface area (Å²) in [7, 11) is 1.98. The molecular formula is C15H17N3O. The second-order valence-electron chi connectivity index (χ2n) is 4.45. The highest BCUT2D eigenvalue weighted by atomic mass is 16.1. The summed E-state index contributed by atoms with van der Waals surface area (Å²) in [6.45, 7) is 2.38. The van der Waals surface area contributed by atoms with Gasteiger partial charge >= 0.3 is 0 Å². The quantitative estimate of drug-likeness (QED) is 0.769. The molecular weight excluding hydrogens is 238 g/mol. The molecule has 4 nitrogen and oxygen atoms in total. The van der Waals surface area contributed by atoms with Gasteiger partial charge in [-0.2, -0.15) is 0 Å². The van der Waals surface area contributed by atoms with Crippen LogP contribution in [0.15, 0.2) is 42.7 Å². The molecule has 0 saturated heterocycles. The minimum absolute atomic E-state index is 0.0372. The molecule has 0 bridgehead atoms. The lowest BCUT2D eigenvalue weighted by Crippen LogP contribution is -2.21. The summed E-state index contributed by atoms with van der Waals surface area (Å²) in [5.74, 6) is 0.899. The predicted octanol–water partition coefficient (Wildman–Crippen LogP) is 2.36. The molecule has 0 amide bonds. The van der Waals surface area contributed by atoms with Gasteiger partial charge in [-0.25, -0.2) is 4.98 Å². The zero-order valence-corrected chi connectivity index (χ0v) is 11.2. The first-order valence-electron chi connectivity index (χ1n) is 6.25. The summed E-state index contributed by atoms with van der Waals surface area (Å²) in [4.78, 5) is 21.8. The molecule has 0 fully saturated rings. The van der Waals surface area contributed by atoms with E-state index >= 15 is 0 Å². The van der Waals surface area contributed by atoms with E-state index in [1.807, 2.05) is 37.4 Å². The Morgan fingerprint density at radius 2 is 2.05 bits per heavy atom. The molecule has 0 aromatic carbocycles. The summed E-state index contributed by atoms with van der Waals surface area (Å²) in [5.41, 5.74) is 1.71. The van der Waals surface area contributed by atoms with Crippen LogP contribution in [0.1, 0.15) is 23.0 Å². The molecule has 0 saturated carbocycles. The van der Waals surface area contributed by atoms with Crippen molar-refractivity contribution in [1.82, 2.24) is 9.97 Å². The van der Waals surface area contributed by atoms with E-state index in [4.69, 9.17) is 0 Å². The lowest BCUT2D eigenvalue weighted by molar-refractivity contribution is 0.101. The van der Waals surface area contributed by atoms with Crippen molar-refractivity contribution < 1.29 is 4.79 Å². The molecule has 4 heteroatoms. The number of carbonyl (C=O) groups excluding carboxylic acids is 1. The Balaban J connectivity index is 1.96. The molecule has 0 unspecified atom stereocenters. The maximum Gasteiger partial charge on any atom is 0.161 e. The number of rotatable bonds is 5. The van der Waals surface area contributed by atoms with Gasteiger partial charge in [0.2, 0.25) is 0 Å². The highest BCUT2D eigenvalue weighted by Crippen LogP contribution is 2.10. The van der Waals surface area contributed by atoms with E-state index in [2.05, 4.69) is 14.9 Å². The Labute approximate surface area is 113 Å². The van der Waals surface area contributed by atoms with Crippen molar-refractivity contribution in [1.29, 1.82) is 0 Å². The van der Waals surface area contributed by atoms with Crippen LogP contribution in [-0.4, -0.2) is 29.3 Å². The highest BCUT2D eigenvalue weighted by Gasteiger charge is 2.05. The Kier molecular flexibility index (Phi) is 4.23.